The third-order valence-electron chi connectivity index (χ3n) is 3.05. The third kappa shape index (κ3) is 1.52. The molecule has 4 nitrogen and oxygen atoms in total. The second-order valence-electron chi connectivity index (χ2n) is 4.03. The van der Waals surface area contributed by atoms with E-state index in [1.165, 1.54) is 0 Å². The van der Waals surface area contributed by atoms with Crippen LogP contribution in [0.2, 0.25) is 5.02 Å². The summed E-state index contributed by atoms with van der Waals surface area (Å²) >= 11 is 5.96. The van der Waals surface area contributed by atoms with E-state index < -0.39 is 5.97 Å². The van der Waals surface area contributed by atoms with Crippen molar-refractivity contribution in [2.75, 3.05) is 0 Å². The monoisotopic (exact) mass is 248 g/mol. The normalized spacial score (nSPS) is 13.0. The number of aromatic nitrogens is 2. The number of aromatic amines is 1. The molecule has 1 aromatic carbocycles. The van der Waals surface area contributed by atoms with Crippen LogP contribution < -0.4 is 0 Å². The highest BCUT2D eigenvalue weighted by molar-refractivity contribution is 6.30. The van der Waals surface area contributed by atoms with Gasteiger partial charge in [-0.2, -0.15) is 5.10 Å². The van der Waals surface area contributed by atoms with Crippen LogP contribution in [0, 0.1) is 0 Å². The van der Waals surface area contributed by atoms with Gasteiger partial charge in [-0.3, -0.25) is 5.10 Å². The molecule has 0 unspecified atom stereocenters. The van der Waals surface area contributed by atoms with Crippen LogP contribution >= 0.6 is 11.6 Å². The minimum Gasteiger partial charge on any atom is -0.477 e. The number of aromatic carboxylic acids is 1. The zero-order valence-electron chi connectivity index (χ0n) is 8.83. The molecule has 0 radical (unpaired) electrons. The number of fused-ring (bicyclic) bond motifs is 3. The second-order valence-corrected chi connectivity index (χ2v) is 4.47. The number of aryl methyl sites for hydroxylation is 1. The van der Waals surface area contributed by atoms with E-state index in [-0.39, 0.29) is 5.69 Å². The molecular weight excluding hydrogens is 240 g/mol. The Hall–Kier alpha value is -1.81. The summed E-state index contributed by atoms with van der Waals surface area (Å²) in [6, 6.07) is 5.65. The van der Waals surface area contributed by atoms with Crippen molar-refractivity contribution in [1.29, 1.82) is 0 Å². The van der Waals surface area contributed by atoms with Gasteiger partial charge in [-0.15, -0.1) is 0 Å². The van der Waals surface area contributed by atoms with Gasteiger partial charge in [0.15, 0.2) is 0 Å². The number of carboxylic acids is 1. The van der Waals surface area contributed by atoms with E-state index in [1.807, 2.05) is 18.2 Å². The lowest BCUT2D eigenvalue weighted by Crippen LogP contribution is -2.07. The predicted octanol–water partition coefficient (Wildman–Crippen LogP) is 2.53. The lowest BCUT2D eigenvalue weighted by molar-refractivity contribution is 0.0689. The average molecular weight is 249 g/mol. The molecule has 17 heavy (non-hydrogen) atoms. The van der Waals surface area contributed by atoms with Crippen molar-refractivity contribution in [2.45, 2.75) is 12.8 Å². The summed E-state index contributed by atoms with van der Waals surface area (Å²) in [6.07, 6.45) is 1.52. The Balaban J connectivity index is 2.23. The number of benzene rings is 1. The van der Waals surface area contributed by atoms with E-state index in [1.54, 1.807) is 0 Å². The number of halogens is 1. The molecule has 5 heteroatoms. The molecule has 3 rings (SSSR count). The van der Waals surface area contributed by atoms with Gasteiger partial charge in [0.05, 0.1) is 5.69 Å². The molecule has 0 fully saturated rings. The molecule has 1 aromatic heterocycles. The molecular formula is C12H9ClN2O2. The maximum atomic E-state index is 11.0. The number of rotatable bonds is 1. The topological polar surface area (TPSA) is 66.0 Å². The highest BCUT2D eigenvalue weighted by Gasteiger charge is 2.24. The third-order valence-corrected chi connectivity index (χ3v) is 3.29. The minimum atomic E-state index is -0.968. The molecule has 0 saturated heterocycles. The highest BCUT2D eigenvalue weighted by atomic mass is 35.5. The Morgan fingerprint density at radius 1 is 1.41 bits per heavy atom. The summed E-state index contributed by atoms with van der Waals surface area (Å²) in [7, 11) is 0. The fraction of sp³-hybridized carbons (Fsp3) is 0.167. The number of nitrogens with zero attached hydrogens (tertiary/aromatic N) is 1. The lowest BCUT2D eigenvalue weighted by atomic mass is 9.89. The molecule has 0 atom stereocenters. The Kier molecular flexibility index (Phi) is 2.19. The minimum absolute atomic E-state index is 0.186. The molecule has 0 spiro atoms. The van der Waals surface area contributed by atoms with Crippen molar-refractivity contribution in [3.8, 4) is 11.3 Å². The maximum absolute atomic E-state index is 11.0. The second kappa shape index (κ2) is 3.60. The van der Waals surface area contributed by atoms with Gasteiger partial charge in [0.25, 0.3) is 0 Å². The molecule has 0 aliphatic heterocycles. The van der Waals surface area contributed by atoms with E-state index in [0.717, 1.165) is 23.1 Å². The van der Waals surface area contributed by atoms with Crippen LogP contribution in [0.1, 0.15) is 21.6 Å². The van der Waals surface area contributed by atoms with Crippen LogP contribution in [0.3, 0.4) is 0 Å². The van der Waals surface area contributed by atoms with Crippen molar-refractivity contribution >= 4 is 17.6 Å². The SMILES string of the molecule is O=C(O)c1[nH]nc2c1CCc1ccc(Cl)cc1-2. The molecule has 2 N–H and O–H groups in total. The Morgan fingerprint density at radius 2 is 2.24 bits per heavy atom. The number of hydrogen-bond acceptors (Lipinski definition) is 2. The van der Waals surface area contributed by atoms with Crippen LogP contribution in [-0.2, 0) is 12.8 Å². The van der Waals surface area contributed by atoms with Crippen LogP contribution in [0.5, 0.6) is 0 Å². The zero-order valence-corrected chi connectivity index (χ0v) is 9.58. The van der Waals surface area contributed by atoms with E-state index >= 15 is 0 Å². The van der Waals surface area contributed by atoms with Crippen molar-refractivity contribution in [3.63, 3.8) is 0 Å². The molecule has 1 aliphatic carbocycles. The summed E-state index contributed by atoms with van der Waals surface area (Å²) in [5.41, 5.74) is 3.76. The highest BCUT2D eigenvalue weighted by Crippen LogP contribution is 2.35. The zero-order chi connectivity index (χ0) is 12.0. The summed E-state index contributed by atoms with van der Waals surface area (Å²) in [5.74, 6) is -0.968. The molecule has 1 aliphatic rings. The number of carbonyl (C=O) groups is 1. The van der Waals surface area contributed by atoms with Gasteiger partial charge >= 0.3 is 5.97 Å². The first-order valence-corrected chi connectivity index (χ1v) is 5.64. The maximum Gasteiger partial charge on any atom is 0.354 e. The summed E-state index contributed by atoms with van der Waals surface area (Å²) in [6.45, 7) is 0. The summed E-state index contributed by atoms with van der Waals surface area (Å²) in [4.78, 5) is 11.0. The van der Waals surface area contributed by atoms with Crippen LogP contribution in [0.25, 0.3) is 11.3 Å². The number of nitrogens with one attached hydrogen (secondary N) is 1. The predicted molar refractivity (Wildman–Crippen MR) is 63.4 cm³/mol. The number of H-pyrrole nitrogens is 1. The van der Waals surface area contributed by atoms with Crippen LogP contribution in [-0.4, -0.2) is 21.3 Å². The van der Waals surface area contributed by atoms with Crippen molar-refractivity contribution in [1.82, 2.24) is 10.2 Å². The standard InChI is InChI=1S/C12H9ClN2O2/c13-7-3-1-6-2-4-8-10(9(6)5-7)14-15-11(8)12(16)17/h1,3,5H,2,4H2,(H,14,15)(H,16,17). The van der Waals surface area contributed by atoms with Gasteiger partial charge < -0.3 is 5.11 Å². The van der Waals surface area contributed by atoms with Crippen LogP contribution in [0.15, 0.2) is 18.2 Å². The van der Waals surface area contributed by atoms with Gasteiger partial charge in [-0.1, -0.05) is 17.7 Å². The molecule has 86 valence electrons. The first-order valence-electron chi connectivity index (χ1n) is 5.26. The Bertz CT molecular complexity index is 619. The Morgan fingerprint density at radius 3 is 3.00 bits per heavy atom. The fourth-order valence-corrected chi connectivity index (χ4v) is 2.43. The molecule has 0 bridgehead atoms. The Labute approximate surface area is 102 Å². The van der Waals surface area contributed by atoms with Gasteiger partial charge in [0, 0.05) is 16.1 Å². The van der Waals surface area contributed by atoms with Crippen molar-refractivity contribution in [3.05, 3.63) is 40.0 Å². The van der Waals surface area contributed by atoms with E-state index in [4.69, 9.17) is 16.7 Å². The summed E-state index contributed by atoms with van der Waals surface area (Å²) in [5, 5.41) is 16.3. The first kappa shape index (κ1) is 10.4. The van der Waals surface area contributed by atoms with Gasteiger partial charge in [0.2, 0.25) is 0 Å². The number of hydrogen-bond donors (Lipinski definition) is 2. The van der Waals surface area contributed by atoms with E-state index in [2.05, 4.69) is 10.2 Å². The van der Waals surface area contributed by atoms with Crippen LogP contribution in [0.4, 0.5) is 0 Å². The van der Waals surface area contributed by atoms with E-state index in [9.17, 15) is 4.79 Å². The van der Waals surface area contributed by atoms with E-state index in [0.29, 0.717) is 17.1 Å². The molecule has 0 amide bonds. The number of carboxylic acid groups (broad SMARTS) is 1. The smallest absolute Gasteiger partial charge is 0.354 e. The molecule has 1 heterocycles. The summed E-state index contributed by atoms with van der Waals surface area (Å²) < 4.78 is 0. The fourth-order valence-electron chi connectivity index (χ4n) is 2.26. The van der Waals surface area contributed by atoms with Gasteiger partial charge in [-0.05, 0) is 30.5 Å². The largest absolute Gasteiger partial charge is 0.477 e. The van der Waals surface area contributed by atoms with Gasteiger partial charge in [0.1, 0.15) is 5.69 Å². The van der Waals surface area contributed by atoms with Crippen molar-refractivity contribution in [2.24, 2.45) is 0 Å². The average Bonchev–Trinajstić information content (AvgIpc) is 2.72. The lowest BCUT2D eigenvalue weighted by Gasteiger charge is -2.15. The van der Waals surface area contributed by atoms with Gasteiger partial charge in [-0.25, -0.2) is 4.79 Å². The van der Waals surface area contributed by atoms with Crippen molar-refractivity contribution < 1.29 is 9.90 Å². The first-order chi connectivity index (χ1) is 8.16. The molecule has 0 saturated carbocycles. The quantitative estimate of drug-likeness (QED) is 0.815. The molecule has 2 aromatic rings.